The fourth-order valence-electron chi connectivity index (χ4n) is 2.98. The smallest absolute Gasteiger partial charge is 0.257 e. The first-order chi connectivity index (χ1) is 13.6. The number of imidazole rings is 1. The molecule has 2 N–H and O–H groups in total. The van der Waals surface area contributed by atoms with E-state index in [-0.39, 0.29) is 5.91 Å². The van der Waals surface area contributed by atoms with Gasteiger partial charge in [0.25, 0.3) is 11.8 Å². The number of unbranched alkanes of at least 4 members (excludes halogenated alkanes) is 1. The van der Waals surface area contributed by atoms with Gasteiger partial charge in [-0.1, -0.05) is 18.5 Å². The molecule has 4 rings (SSSR count). The third kappa shape index (κ3) is 3.78. The van der Waals surface area contributed by atoms with Crippen LogP contribution < -0.4 is 5.32 Å². The highest BCUT2D eigenvalue weighted by molar-refractivity contribution is 6.05. The summed E-state index contributed by atoms with van der Waals surface area (Å²) in [6.07, 6.45) is 3.16. The molecule has 2 aromatic carbocycles. The summed E-state index contributed by atoms with van der Waals surface area (Å²) in [6, 6.07) is 12.7. The number of anilines is 1. The minimum Gasteiger partial charge on any atom is -0.342 e. The fraction of sp³-hybridized carbons (Fsp3) is 0.238. The van der Waals surface area contributed by atoms with Gasteiger partial charge in [-0.15, -0.1) is 0 Å². The lowest BCUT2D eigenvalue weighted by Crippen LogP contribution is -2.11. The maximum absolute atomic E-state index is 12.6. The maximum atomic E-state index is 12.6. The Morgan fingerprint density at radius 3 is 2.68 bits per heavy atom. The molecule has 1 amide bonds. The van der Waals surface area contributed by atoms with Gasteiger partial charge in [0.15, 0.2) is 5.82 Å². The van der Waals surface area contributed by atoms with E-state index in [1.807, 2.05) is 18.2 Å². The minimum atomic E-state index is -0.182. The number of rotatable bonds is 6. The second-order valence-electron chi connectivity index (χ2n) is 6.70. The molecule has 0 aliphatic carbocycles. The highest BCUT2D eigenvalue weighted by Crippen LogP contribution is 2.20. The quantitative estimate of drug-likeness (QED) is 0.516. The summed E-state index contributed by atoms with van der Waals surface area (Å²) >= 11 is 0. The van der Waals surface area contributed by atoms with Crippen LogP contribution in [0, 0.1) is 6.92 Å². The molecular weight excluding hydrogens is 354 g/mol. The van der Waals surface area contributed by atoms with E-state index in [4.69, 9.17) is 4.52 Å². The molecule has 0 fully saturated rings. The van der Waals surface area contributed by atoms with Crippen LogP contribution in [0.25, 0.3) is 22.5 Å². The summed E-state index contributed by atoms with van der Waals surface area (Å²) in [5, 5.41) is 6.70. The Kier molecular flexibility index (Phi) is 4.89. The first-order valence-electron chi connectivity index (χ1n) is 9.33. The van der Waals surface area contributed by atoms with Gasteiger partial charge in [0, 0.05) is 23.2 Å². The van der Waals surface area contributed by atoms with Gasteiger partial charge in [-0.05, 0) is 55.8 Å². The van der Waals surface area contributed by atoms with Crippen molar-refractivity contribution in [3.8, 4) is 11.5 Å². The van der Waals surface area contributed by atoms with Gasteiger partial charge in [-0.25, -0.2) is 4.98 Å². The largest absolute Gasteiger partial charge is 0.342 e. The van der Waals surface area contributed by atoms with Crippen molar-refractivity contribution in [2.75, 3.05) is 5.32 Å². The molecule has 0 unspecified atom stereocenters. The number of aromatic amines is 1. The van der Waals surface area contributed by atoms with Crippen molar-refractivity contribution in [2.24, 2.45) is 0 Å². The Bertz CT molecular complexity index is 1110. The molecular formula is C21H21N5O2. The van der Waals surface area contributed by atoms with Crippen LogP contribution in [-0.2, 0) is 6.42 Å². The summed E-state index contributed by atoms with van der Waals surface area (Å²) in [5.74, 6) is 1.81. The SMILES string of the molecule is CCCCc1nc2ccc(NC(=O)c3ccc(-c4nc(C)no4)cc3)cc2[nH]1. The zero-order valence-electron chi connectivity index (χ0n) is 15.8. The van der Waals surface area contributed by atoms with E-state index in [1.54, 1.807) is 31.2 Å². The van der Waals surface area contributed by atoms with Gasteiger partial charge in [0.05, 0.1) is 11.0 Å². The number of nitrogens with one attached hydrogen (secondary N) is 2. The molecule has 7 nitrogen and oxygen atoms in total. The second-order valence-corrected chi connectivity index (χ2v) is 6.70. The molecule has 0 bridgehead atoms. The topological polar surface area (TPSA) is 96.7 Å². The van der Waals surface area contributed by atoms with E-state index in [0.717, 1.165) is 47.4 Å². The summed E-state index contributed by atoms with van der Waals surface area (Å²) < 4.78 is 5.14. The average Bonchev–Trinajstić information content (AvgIpc) is 3.32. The zero-order chi connectivity index (χ0) is 19.5. The Labute approximate surface area is 162 Å². The Balaban J connectivity index is 1.48. The van der Waals surface area contributed by atoms with Crippen LogP contribution in [0.1, 0.15) is 41.8 Å². The van der Waals surface area contributed by atoms with Gasteiger partial charge in [-0.2, -0.15) is 4.98 Å². The average molecular weight is 375 g/mol. The Hall–Kier alpha value is -3.48. The third-order valence-corrected chi connectivity index (χ3v) is 4.48. The van der Waals surface area contributed by atoms with Crippen molar-refractivity contribution in [1.82, 2.24) is 20.1 Å². The van der Waals surface area contributed by atoms with Gasteiger partial charge < -0.3 is 14.8 Å². The monoisotopic (exact) mass is 375 g/mol. The van der Waals surface area contributed by atoms with Crippen LogP contribution in [0.5, 0.6) is 0 Å². The van der Waals surface area contributed by atoms with E-state index in [2.05, 4.69) is 32.3 Å². The number of H-pyrrole nitrogens is 1. The molecule has 0 saturated heterocycles. The van der Waals surface area contributed by atoms with Gasteiger partial charge >= 0.3 is 0 Å². The highest BCUT2D eigenvalue weighted by Gasteiger charge is 2.11. The van der Waals surface area contributed by atoms with Gasteiger partial charge in [0.2, 0.25) is 0 Å². The summed E-state index contributed by atoms with van der Waals surface area (Å²) in [5.41, 5.74) is 3.87. The molecule has 2 aromatic heterocycles. The molecule has 7 heteroatoms. The highest BCUT2D eigenvalue weighted by atomic mass is 16.5. The molecule has 28 heavy (non-hydrogen) atoms. The van der Waals surface area contributed by atoms with Crippen LogP contribution >= 0.6 is 0 Å². The number of nitrogens with zero attached hydrogens (tertiary/aromatic N) is 3. The first-order valence-corrected chi connectivity index (χ1v) is 9.33. The number of benzene rings is 2. The van der Waals surface area contributed by atoms with E-state index in [9.17, 15) is 4.79 Å². The second kappa shape index (κ2) is 7.64. The van der Waals surface area contributed by atoms with E-state index in [1.165, 1.54) is 0 Å². The molecule has 0 spiro atoms. The molecule has 0 saturated carbocycles. The number of hydrogen-bond acceptors (Lipinski definition) is 5. The van der Waals surface area contributed by atoms with Crippen LogP contribution in [-0.4, -0.2) is 26.0 Å². The lowest BCUT2D eigenvalue weighted by Gasteiger charge is -2.05. The van der Waals surface area contributed by atoms with E-state index < -0.39 is 0 Å². The molecule has 0 radical (unpaired) electrons. The number of aryl methyl sites for hydroxylation is 2. The van der Waals surface area contributed by atoms with Crippen LogP contribution in [0.2, 0.25) is 0 Å². The van der Waals surface area contributed by atoms with E-state index >= 15 is 0 Å². The molecule has 4 aromatic rings. The van der Waals surface area contributed by atoms with Crippen LogP contribution in [0.15, 0.2) is 47.0 Å². The number of hydrogen-bond donors (Lipinski definition) is 2. The van der Waals surface area contributed by atoms with E-state index in [0.29, 0.717) is 17.3 Å². The van der Waals surface area contributed by atoms with Gasteiger partial charge in [-0.3, -0.25) is 4.79 Å². The van der Waals surface area contributed by atoms with Crippen molar-refractivity contribution in [2.45, 2.75) is 33.1 Å². The Morgan fingerprint density at radius 2 is 1.96 bits per heavy atom. The molecule has 0 aliphatic rings. The molecule has 0 aliphatic heterocycles. The lowest BCUT2D eigenvalue weighted by atomic mass is 10.1. The summed E-state index contributed by atoms with van der Waals surface area (Å²) in [4.78, 5) is 24.7. The normalized spacial score (nSPS) is 11.1. The number of carbonyl (C=O) groups excluding carboxylic acids is 1. The fourth-order valence-corrected chi connectivity index (χ4v) is 2.98. The van der Waals surface area contributed by atoms with Crippen LogP contribution in [0.3, 0.4) is 0 Å². The summed E-state index contributed by atoms with van der Waals surface area (Å²) in [7, 11) is 0. The first kappa shape index (κ1) is 17.9. The molecule has 2 heterocycles. The predicted octanol–water partition coefficient (Wildman–Crippen LogP) is 4.52. The van der Waals surface area contributed by atoms with Gasteiger partial charge in [0.1, 0.15) is 5.82 Å². The standard InChI is InChI=1S/C21H21N5O2/c1-3-4-5-19-24-17-11-10-16(12-18(17)25-19)23-20(27)14-6-8-15(9-7-14)21-22-13(2)26-28-21/h6-12H,3-5H2,1-2H3,(H,23,27)(H,24,25). The molecule has 142 valence electrons. The van der Waals surface area contributed by atoms with Crippen molar-refractivity contribution < 1.29 is 9.32 Å². The number of carbonyl (C=O) groups is 1. The third-order valence-electron chi connectivity index (χ3n) is 4.48. The van der Waals surface area contributed by atoms with Crippen molar-refractivity contribution in [3.05, 3.63) is 59.7 Å². The molecule has 0 atom stereocenters. The van der Waals surface area contributed by atoms with Crippen molar-refractivity contribution in [3.63, 3.8) is 0 Å². The minimum absolute atomic E-state index is 0.182. The number of amides is 1. The lowest BCUT2D eigenvalue weighted by molar-refractivity contribution is 0.102. The summed E-state index contributed by atoms with van der Waals surface area (Å²) in [6.45, 7) is 3.92. The predicted molar refractivity (Wildman–Crippen MR) is 107 cm³/mol. The number of aromatic nitrogens is 4. The van der Waals surface area contributed by atoms with Crippen molar-refractivity contribution in [1.29, 1.82) is 0 Å². The zero-order valence-corrected chi connectivity index (χ0v) is 15.8. The van der Waals surface area contributed by atoms with Crippen LogP contribution in [0.4, 0.5) is 5.69 Å². The Morgan fingerprint density at radius 1 is 1.14 bits per heavy atom. The maximum Gasteiger partial charge on any atom is 0.257 e. The van der Waals surface area contributed by atoms with Crippen molar-refractivity contribution >= 4 is 22.6 Å². The number of fused-ring (bicyclic) bond motifs is 1.